The van der Waals surface area contributed by atoms with E-state index in [9.17, 15) is 5.21 Å². The predicted molar refractivity (Wildman–Crippen MR) is 66.3 cm³/mol. The lowest BCUT2D eigenvalue weighted by Gasteiger charge is -2.38. The molecule has 2 bridgehead atoms. The van der Waals surface area contributed by atoms with Gasteiger partial charge in [0.15, 0.2) is 0 Å². The zero-order chi connectivity index (χ0) is 11.6. The minimum absolute atomic E-state index is 0.503. The summed E-state index contributed by atoms with van der Waals surface area (Å²) in [4.78, 5) is 0. The molecule has 0 heterocycles. The van der Waals surface area contributed by atoms with Gasteiger partial charge in [-0.15, -0.1) is 0 Å². The van der Waals surface area contributed by atoms with Crippen molar-refractivity contribution in [2.75, 3.05) is 6.54 Å². The van der Waals surface area contributed by atoms with Crippen molar-refractivity contribution in [2.24, 2.45) is 23.1 Å². The predicted octanol–water partition coefficient (Wildman–Crippen LogP) is 3.05. The first-order valence-corrected chi connectivity index (χ1v) is 6.85. The lowest BCUT2D eigenvalue weighted by Crippen LogP contribution is -2.30. The van der Waals surface area contributed by atoms with E-state index in [1.165, 1.54) is 44.9 Å². The number of hydrogen-bond acceptors (Lipinski definition) is 3. The quantitative estimate of drug-likeness (QED) is 0.578. The van der Waals surface area contributed by atoms with Crippen LogP contribution in [-0.2, 0) is 0 Å². The van der Waals surface area contributed by atoms with Gasteiger partial charge in [-0.05, 0) is 55.9 Å². The lowest BCUT2D eigenvalue weighted by atomic mass is 9.68. The fourth-order valence-electron chi connectivity index (χ4n) is 4.36. The third-order valence-electron chi connectivity index (χ3n) is 5.01. The van der Waals surface area contributed by atoms with Crippen molar-refractivity contribution < 1.29 is 0 Å². The van der Waals surface area contributed by atoms with Gasteiger partial charge in [-0.1, -0.05) is 26.2 Å². The van der Waals surface area contributed by atoms with Crippen molar-refractivity contribution in [3.05, 3.63) is 5.21 Å². The third kappa shape index (κ3) is 2.41. The van der Waals surface area contributed by atoms with Gasteiger partial charge in [-0.25, -0.2) is 0 Å². The van der Waals surface area contributed by atoms with Crippen LogP contribution >= 0.6 is 0 Å². The number of nitrogens with zero attached hydrogens (tertiary/aromatic N) is 1. The fourth-order valence-corrected chi connectivity index (χ4v) is 4.36. The normalized spacial score (nSPS) is 38.2. The van der Waals surface area contributed by atoms with E-state index in [0.717, 1.165) is 18.3 Å². The second-order valence-corrected chi connectivity index (χ2v) is 5.91. The Morgan fingerprint density at radius 2 is 2.31 bits per heavy atom. The molecule has 3 nitrogen and oxygen atoms in total. The molecule has 2 rings (SSSR count). The molecule has 3 atom stereocenters. The highest BCUT2D eigenvalue weighted by molar-refractivity contribution is 4.98. The molecule has 2 saturated carbocycles. The zero-order valence-electron chi connectivity index (χ0n) is 10.5. The molecule has 3 unspecified atom stereocenters. The first kappa shape index (κ1) is 12.3. The molecule has 0 amide bonds. The molecule has 0 aromatic carbocycles. The summed E-state index contributed by atoms with van der Waals surface area (Å²) in [7, 11) is 0. The van der Waals surface area contributed by atoms with Crippen LogP contribution in [0, 0.1) is 22.5 Å². The Morgan fingerprint density at radius 3 is 3.00 bits per heavy atom. The maximum Gasteiger partial charge on any atom is -0.000762 e. The lowest BCUT2D eigenvalue weighted by molar-refractivity contribution is 0.128. The van der Waals surface area contributed by atoms with Gasteiger partial charge in [0, 0.05) is 0 Å². The first-order valence-electron chi connectivity index (χ1n) is 6.85. The maximum absolute atomic E-state index is 10.7. The van der Waals surface area contributed by atoms with E-state index in [2.05, 4.69) is 6.92 Å². The van der Waals surface area contributed by atoms with Crippen molar-refractivity contribution in [3.63, 3.8) is 0 Å². The SMILES string of the molecule is CCC1CC2CCCC1(CCCN(N)[O-])C2. The maximum atomic E-state index is 10.7. The zero-order valence-corrected chi connectivity index (χ0v) is 10.5. The van der Waals surface area contributed by atoms with E-state index in [1.54, 1.807) is 0 Å². The van der Waals surface area contributed by atoms with E-state index < -0.39 is 0 Å². The van der Waals surface area contributed by atoms with E-state index in [1.807, 2.05) is 0 Å². The highest BCUT2D eigenvalue weighted by Gasteiger charge is 2.47. The van der Waals surface area contributed by atoms with Crippen molar-refractivity contribution in [3.8, 4) is 0 Å². The molecule has 2 fully saturated rings. The Kier molecular flexibility index (Phi) is 3.88. The van der Waals surface area contributed by atoms with E-state index in [-0.39, 0.29) is 0 Å². The number of nitrogens with two attached hydrogens (primary N) is 1. The number of rotatable bonds is 5. The Balaban J connectivity index is 1.92. The molecule has 2 aliphatic rings. The summed E-state index contributed by atoms with van der Waals surface area (Å²) in [5.41, 5.74) is 0.577. The summed E-state index contributed by atoms with van der Waals surface area (Å²) < 4.78 is 0. The summed E-state index contributed by atoms with van der Waals surface area (Å²) in [5.74, 6) is 7.05. The molecule has 94 valence electrons. The molecule has 3 heteroatoms. The van der Waals surface area contributed by atoms with Gasteiger partial charge in [0.1, 0.15) is 0 Å². The van der Waals surface area contributed by atoms with Crippen LogP contribution in [0.25, 0.3) is 0 Å². The standard InChI is InChI=1S/C13H25N2O/c1-2-12-9-11-5-3-6-13(12,10-11)7-4-8-15(14)16/h11-12H,2-10,14H2,1H3/q-1. The average molecular weight is 225 g/mol. The average Bonchev–Trinajstić information content (AvgIpc) is 2.49. The van der Waals surface area contributed by atoms with Crippen molar-refractivity contribution >= 4 is 0 Å². The fraction of sp³-hybridized carbons (Fsp3) is 1.00. The number of fused-ring (bicyclic) bond motifs is 2. The summed E-state index contributed by atoms with van der Waals surface area (Å²) in [6, 6.07) is 0. The van der Waals surface area contributed by atoms with Gasteiger partial charge in [0.05, 0.1) is 0 Å². The Labute approximate surface area is 98.9 Å². The van der Waals surface area contributed by atoms with Crippen LogP contribution in [0.1, 0.15) is 58.3 Å². The summed E-state index contributed by atoms with van der Waals surface area (Å²) in [6.45, 7) is 2.83. The van der Waals surface area contributed by atoms with Crippen LogP contribution in [0.2, 0.25) is 0 Å². The first-order chi connectivity index (χ1) is 7.66. The van der Waals surface area contributed by atoms with E-state index in [4.69, 9.17) is 5.84 Å². The van der Waals surface area contributed by atoms with Crippen molar-refractivity contribution in [1.82, 2.24) is 5.17 Å². The molecule has 0 spiro atoms. The summed E-state index contributed by atoms with van der Waals surface area (Å²) in [6.07, 6.45) is 10.6. The molecular weight excluding hydrogens is 200 g/mol. The minimum atomic E-state index is 0.503. The van der Waals surface area contributed by atoms with Crippen LogP contribution in [-0.4, -0.2) is 11.7 Å². The molecule has 0 radical (unpaired) electrons. The van der Waals surface area contributed by atoms with Gasteiger partial charge < -0.3 is 10.4 Å². The Morgan fingerprint density at radius 1 is 1.50 bits per heavy atom. The number of hydrazine groups is 1. The third-order valence-corrected chi connectivity index (χ3v) is 5.01. The van der Waals surface area contributed by atoms with Gasteiger partial charge in [0.25, 0.3) is 0 Å². The van der Waals surface area contributed by atoms with E-state index >= 15 is 0 Å². The van der Waals surface area contributed by atoms with Gasteiger partial charge >= 0.3 is 0 Å². The molecule has 2 aliphatic carbocycles. The van der Waals surface area contributed by atoms with Gasteiger partial charge in [-0.3, -0.25) is 5.84 Å². The van der Waals surface area contributed by atoms with Gasteiger partial charge in [-0.2, -0.15) is 0 Å². The molecule has 0 aromatic rings. The monoisotopic (exact) mass is 225 g/mol. The second-order valence-electron chi connectivity index (χ2n) is 5.91. The Hall–Kier alpha value is -0.120. The van der Waals surface area contributed by atoms with Crippen LogP contribution in [0.15, 0.2) is 0 Å². The van der Waals surface area contributed by atoms with Crippen molar-refractivity contribution in [1.29, 1.82) is 0 Å². The molecule has 2 N–H and O–H groups in total. The topological polar surface area (TPSA) is 52.3 Å². The minimum Gasteiger partial charge on any atom is -0.772 e. The van der Waals surface area contributed by atoms with E-state index in [0.29, 0.717) is 17.1 Å². The van der Waals surface area contributed by atoms with Crippen molar-refractivity contribution in [2.45, 2.75) is 58.3 Å². The van der Waals surface area contributed by atoms with Crippen LogP contribution in [0.4, 0.5) is 0 Å². The van der Waals surface area contributed by atoms with Crippen LogP contribution < -0.4 is 5.84 Å². The smallest absolute Gasteiger partial charge is 0.000762 e. The summed E-state index contributed by atoms with van der Waals surface area (Å²) in [5, 5.41) is 11.3. The largest absolute Gasteiger partial charge is 0.772 e. The highest BCUT2D eigenvalue weighted by atomic mass is 16.5. The van der Waals surface area contributed by atoms with Gasteiger partial charge in [0.2, 0.25) is 0 Å². The molecule has 16 heavy (non-hydrogen) atoms. The summed E-state index contributed by atoms with van der Waals surface area (Å²) >= 11 is 0. The highest BCUT2D eigenvalue weighted by Crippen LogP contribution is 2.58. The molecule has 0 saturated heterocycles. The molecular formula is C13H25N2O-. The van der Waals surface area contributed by atoms with Crippen LogP contribution in [0.5, 0.6) is 0 Å². The molecule has 0 aliphatic heterocycles. The van der Waals surface area contributed by atoms with Crippen LogP contribution in [0.3, 0.4) is 0 Å². The second kappa shape index (κ2) is 5.03. The number of hydrogen-bond donors (Lipinski definition) is 1. The number of hydroxylamine groups is 1. The Bertz CT molecular complexity index is 232. The molecule has 0 aromatic heterocycles.